The zero-order valence-corrected chi connectivity index (χ0v) is 21.0. The maximum atomic E-state index is 13.2. The molecule has 0 saturated heterocycles. The van der Waals surface area contributed by atoms with Gasteiger partial charge in [0.25, 0.3) is 0 Å². The number of hydrogen-bond acceptors (Lipinski definition) is 4. The summed E-state index contributed by atoms with van der Waals surface area (Å²) >= 11 is 0. The van der Waals surface area contributed by atoms with Crippen molar-refractivity contribution in [2.75, 3.05) is 23.7 Å². The molecule has 2 aromatic rings. The third-order valence-electron chi connectivity index (χ3n) is 5.59. The molecule has 0 heterocycles. The summed E-state index contributed by atoms with van der Waals surface area (Å²) in [6.45, 7) is 8.44. The van der Waals surface area contributed by atoms with Crippen molar-refractivity contribution >= 4 is 27.5 Å². The van der Waals surface area contributed by atoms with Gasteiger partial charge in [-0.25, -0.2) is 8.42 Å². The van der Waals surface area contributed by atoms with Crippen LogP contribution in [0.4, 0.5) is 5.69 Å². The SMILES string of the molecule is CCNC(=O)C(C)N(Cc1ccccc1C)C(=O)CCCN(c1ccc(C)cc1)S(C)(=O)=O. The number of aryl methyl sites for hydroxylation is 2. The van der Waals surface area contributed by atoms with Crippen LogP contribution in [0.15, 0.2) is 48.5 Å². The number of nitrogens with zero attached hydrogens (tertiary/aromatic N) is 2. The minimum absolute atomic E-state index is 0.132. The van der Waals surface area contributed by atoms with Gasteiger partial charge in [0.05, 0.1) is 11.9 Å². The molecule has 2 amide bonds. The monoisotopic (exact) mass is 473 g/mol. The number of sulfonamides is 1. The first kappa shape index (κ1) is 26.4. The molecule has 1 unspecified atom stereocenters. The molecule has 0 aliphatic heterocycles. The molecular weight excluding hydrogens is 438 g/mol. The predicted octanol–water partition coefficient (Wildman–Crippen LogP) is 3.40. The van der Waals surface area contributed by atoms with Gasteiger partial charge in [-0.15, -0.1) is 0 Å². The lowest BCUT2D eigenvalue weighted by molar-refractivity contribution is -0.140. The van der Waals surface area contributed by atoms with Crippen LogP contribution in [0.25, 0.3) is 0 Å². The van der Waals surface area contributed by atoms with Gasteiger partial charge in [0.2, 0.25) is 21.8 Å². The lowest BCUT2D eigenvalue weighted by Crippen LogP contribution is -2.47. The molecule has 0 aliphatic rings. The molecule has 0 aliphatic carbocycles. The Morgan fingerprint density at radius 1 is 1.03 bits per heavy atom. The predicted molar refractivity (Wildman–Crippen MR) is 132 cm³/mol. The second-order valence-electron chi connectivity index (χ2n) is 8.29. The van der Waals surface area contributed by atoms with E-state index in [1.165, 1.54) is 4.31 Å². The van der Waals surface area contributed by atoms with E-state index < -0.39 is 16.1 Å². The Kier molecular flexibility index (Phi) is 9.46. The third-order valence-corrected chi connectivity index (χ3v) is 6.79. The number of rotatable bonds is 11. The topological polar surface area (TPSA) is 86.8 Å². The zero-order chi connectivity index (χ0) is 24.6. The first-order valence-electron chi connectivity index (χ1n) is 11.2. The van der Waals surface area contributed by atoms with Gasteiger partial charge in [-0.1, -0.05) is 42.0 Å². The van der Waals surface area contributed by atoms with E-state index in [9.17, 15) is 18.0 Å². The Balaban J connectivity index is 2.15. The molecule has 1 atom stereocenters. The van der Waals surface area contributed by atoms with Crippen molar-refractivity contribution in [1.82, 2.24) is 10.2 Å². The van der Waals surface area contributed by atoms with Crippen LogP contribution in [0.1, 0.15) is 43.4 Å². The van der Waals surface area contributed by atoms with E-state index in [0.29, 0.717) is 25.2 Å². The zero-order valence-electron chi connectivity index (χ0n) is 20.2. The van der Waals surface area contributed by atoms with Crippen molar-refractivity contribution in [3.8, 4) is 0 Å². The molecule has 0 spiro atoms. The largest absolute Gasteiger partial charge is 0.355 e. The van der Waals surface area contributed by atoms with Crippen LogP contribution in [0.5, 0.6) is 0 Å². The van der Waals surface area contributed by atoms with E-state index in [0.717, 1.165) is 22.9 Å². The van der Waals surface area contributed by atoms with E-state index in [-0.39, 0.29) is 24.8 Å². The van der Waals surface area contributed by atoms with Gasteiger partial charge < -0.3 is 10.2 Å². The Hall–Kier alpha value is -2.87. The number of benzene rings is 2. The van der Waals surface area contributed by atoms with Crippen LogP contribution in [0, 0.1) is 13.8 Å². The molecule has 0 saturated carbocycles. The maximum absolute atomic E-state index is 13.2. The highest BCUT2D eigenvalue weighted by Gasteiger charge is 2.26. The minimum atomic E-state index is -3.50. The fourth-order valence-corrected chi connectivity index (χ4v) is 4.56. The molecule has 180 valence electrons. The van der Waals surface area contributed by atoms with Crippen molar-refractivity contribution in [2.45, 2.75) is 53.1 Å². The van der Waals surface area contributed by atoms with Crippen LogP contribution in [0.2, 0.25) is 0 Å². The summed E-state index contributed by atoms with van der Waals surface area (Å²) in [5.74, 6) is -0.397. The maximum Gasteiger partial charge on any atom is 0.242 e. The molecule has 0 bridgehead atoms. The van der Waals surface area contributed by atoms with E-state index >= 15 is 0 Å². The molecule has 33 heavy (non-hydrogen) atoms. The molecule has 2 aromatic carbocycles. The molecule has 8 heteroatoms. The van der Waals surface area contributed by atoms with Crippen LogP contribution in [0.3, 0.4) is 0 Å². The molecular formula is C25H35N3O4S. The molecule has 0 aromatic heterocycles. The first-order chi connectivity index (χ1) is 15.5. The molecule has 2 rings (SSSR count). The summed E-state index contributed by atoms with van der Waals surface area (Å²) in [7, 11) is -3.50. The van der Waals surface area contributed by atoms with Gasteiger partial charge >= 0.3 is 0 Å². The Morgan fingerprint density at radius 2 is 1.67 bits per heavy atom. The summed E-state index contributed by atoms with van der Waals surface area (Å²) in [5.41, 5.74) is 3.62. The van der Waals surface area contributed by atoms with Gasteiger partial charge in [-0.3, -0.25) is 13.9 Å². The van der Waals surface area contributed by atoms with Gasteiger partial charge in [0, 0.05) is 26.1 Å². The van der Waals surface area contributed by atoms with Crippen molar-refractivity contribution in [2.24, 2.45) is 0 Å². The van der Waals surface area contributed by atoms with Gasteiger partial charge in [-0.05, 0) is 57.4 Å². The molecule has 7 nitrogen and oxygen atoms in total. The fraction of sp³-hybridized carbons (Fsp3) is 0.440. The van der Waals surface area contributed by atoms with Crippen molar-refractivity contribution in [3.05, 3.63) is 65.2 Å². The van der Waals surface area contributed by atoms with Crippen LogP contribution in [-0.4, -0.2) is 50.5 Å². The van der Waals surface area contributed by atoms with Crippen molar-refractivity contribution in [3.63, 3.8) is 0 Å². The number of carbonyl (C=O) groups excluding carboxylic acids is 2. The van der Waals surface area contributed by atoms with Gasteiger partial charge in [0.15, 0.2) is 0 Å². The number of amides is 2. The fourth-order valence-electron chi connectivity index (χ4n) is 3.59. The van der Waals surface area contributed by atoms with E-state index in [2.05, 4.69) is 5.32 Å². The van der Waals surface area contributed by atoms with Crippen molar-refractivity contribution in [1.29, 1.82) is 0 Å². The number of hydrogen-bond donors (Lipinski definition) is 1. The number of carbonyl (C=O) groups is 2. The second-order valence-corrected chi connectivity index (χ2v) is 10.2. The second kappa shape index (κ2) is 11.8. The number of nitrogens with one attached hydrogen (secondary N) is 1. The lowest BCUT2D eigenvalue weighted by atomic mass is 10.1. The standard InChI is InChI=1S/C25H35N3O4S/c1-6-26-25(30)21(4)27(18-22-11-8-7-10-20(22)3)24(29)12-9-17-28(33(5,31)32)23-15-13-19(2)14-16-23/h7-8,10-11,13-16,21H,6,9,12,17-18H2,1-5H3,(H,26,30). The van der Waals surface area contributed by atoms with Gasteiger partial charge in [0.1, 0.15) is 6.04 Å². The highest BCUT2D eigenvalue weighted by Crippen LogP contribution is 2.20. The molecule has 0 radical (unpaired) electrons. The van der Waals surface area contributed by atoms with E-state index in [1.807, 2.05) is 57.2 Å². The quantitative estimate of drug-likeness (QED) is 0.542. The minimum Gasteiger partial charge on any atom is -0.355 e. The summed E-state index contributed by atoms with van der Waals surface area (Å²) in [6.07, 6.45) is 1.63. The first-order valence-corrected chi connectivity index (χ1v) is 13.1. The van der Waals surface area contributed by atoms with E-state index in [1.54, 1.807) is 24.0 Å². The Bertz CT molecular complexity index is 1050. The Morgan fingerprint density at radius 3 is 2.24 bits per heavy atom. The smallest absolute Gasteiger partial charge is 0.242 e. The average molecular weight is 474 g/mol. The van der Waals surface area contributed by atoms with Gasteiger partial charge in [-0.2, -0.15) is 0 Å². The lowest BCUT2D eigenvalue weighted by Gasteiger charge is -2.30. The summed E-state index contributed by atoms with van der Waals surface area (Å²) in [5, 5.41) is 2.78. The summed E-state index contributed by atoms with van der Waals surface area (Å²) in [6, 6.07) is 14.4. The highest BCUT2D eigenvalue weighted by atomic mass is 32.2. The van der Waals surface area contributed by atoms with Crippen LogP contribution >= 0.6 is 0 Å². The van der Waals surface area contributed by atoms with Crippen LogP contribution < -0.4 is 9.62 Å². The number of anilines is 1. The normalized spacial score (nSPS) is 12.2. The van der Waals surface area contributed by atoms with Crippen LogP contribution in [-0.2, 0) is 26.2 Å². The molecule has 0 fully saturated rings. The number of likely N-dealkylation sites (N-methyl/N-ethyl adjacent to an activating group) is 1. The Labute approximate surface area is 197 Å². The third kappa shape index (κ3) is 7.60. The average Bonchev–Trinajstić information content (AvgIpc) is 2.75. The summed E-state index contributed by atoms with van der Waals surface area (Å²) < 4.78 is 26.0. The highest BCUT2D eigenvalue weighted by molar-refractivity contribution is 7.92. The molecule has 1 N–H and O–H groups in total. The van der Waals surface area contributed by atoms with Crippen molar-refractivity contribution < 1.29 is 18.0 Å². The van der Waals surface area contributed by atoms with E-state index in [4.69, 9.17) is 0 Å². The summed E-state index contributed by atoms with van der Waals surface area (Å²) in [4.78, 5) is 27.3.